The number of anilines is 1. The lowest BCUT2D eigenvalue weighted by Gasteiger charge is -2.13. The summed E-state index contributed by atoms with van der Waals surface area (Å²) in [6.07, 6.45) is 6.69. The molecule has 0 bridgehead atoms. The number of halogens is 2. The Labute approximate surface area is 227 Å². The highest BCUT2D eigenvalue weighted by atomic mass is 35.5. The summed E-state index contributed by atoms with van der Waals surface area (Å²) in [4.78, 5) is 12.8. The molecule has 1 fully saturated rings. The fourth-order valence-corrected chi connectivity index (χ4v) is 6.01. The van der Waals surface area contributed by atoms with Crippen molar-refractivity contribution < 1.29 is 13.2 Å². The second kappa shape index (κ2) is 11.5. The third-order valence-electron chi connectivity index (χ3n) is 6.42. The van der Waals surface area contributed by atoms with E-state index < -0.39 is 9.84 Å². The first-order valence-corrected chi connectivity index (χ1v) is 14.5. The molecule has 3 aromatic rings. The Kier molecular flexibility index (Phi) is 8.39. The molecule has 5 nitrogen and oxygen atoms in total. The van der Waals surface area contributed by atoms with Gasteiger partial charge in [0.05, 0.1) is 38.7 Å². The number of hydrogen-bond donors (Lipinski definition) is 1. The summed E-state index contributed by atoms with van der Waals surface area (Å²) in [5.74, 6) is -0.272. The van der Waals surface area contributed by atoms with Gasteiger partial charge in [0.2, 0.25) is 5.91 Å². The number of carbonyl (C=O) groups is 1. The van der Waals surface area contributed by atoms with Crippen molar-refractivity contribution in [1.29, 1.82) is 5.26 Å². The number of benzene rings is 3. The highest BCUT2D eigenvalue weighted by Crippen LogP contribution is 2.38. The van der Waals surface area contributed by atoms with E-state index in [0.717, 1.165) is 24.0 Å². The molecule has 1 amide bonds. The second-order valence-corrected chi connectivity index (χ2v) is 12.1. The quantitative estimate of drug-likeness (QED) is 0.329. The van der Waals surface area contributed by atoms with Crippen LogP contribution in [0.25, 0.3) is 17.2 Å². The van der Waals surface area contributed by atoms with Crippen LogP contribution < -0.4 is 5.32 Å². The van der Waals surface area contributed by atoms with Crippen LogP contribution in [0.1, 0.15) is 49.3 Å². The van der Waals surface area contributed by atoms with Crippen LogP contribution in [0, 0.1) is 11.3 Å². The first-order chi connectivity index (χ1) is 17.7. The number of hydrogen-bond acceptors (Lipinski definition) is 4. The van der Waals surface area contributed by atoms with E-state index in [1.165, 1.54) is 30.5 Å². The molecule has 8 heteroatoms. The maximum Gasteiger partial charge on any atom is 0.228 e. The van der Waals surface area contributed by atoms with Crippen LogP contribution in [-0.4, -0.2) is 20.1 Å². The van der Waals surface area contributed by atoms with Crippen molar-refractivity contribution in [2.75, 3.05) is 11.1 Å². The smallest absolute Gasteiger partial charge is 0.228 e. The zero-order chi connectivity index (χ0) is 26.6. The van der Waals surface area contributed by atoms with E-state index in [2.05, 4.69) is 17.5 Å². The molecule has 0 heterocycles. The van der Waals surface area contributed by atoms with Gasteiger partial charge in [-0.25, -0.2) is 8.42 Å². The van der Waals surface area contributed by atoms with E-state index in [4.69, 9.17) is 23.2 Å². The van der Waals surface area contributed by atoms with Crippen LogP contribution in [-0.2, 0) is 21.1 Å². The van der Waals surface area contributed by atoms with Gasteiger partial charge in [0.25, 0.3) is 0 Å². The van der Waals surface area contributed by atoms with Crippen molar-refractivity contribution in [2.45, 2.75) is 43.9 Å². The fourth-order valence-electron chi connectivity index (χ4n) is 4.42. The van der Waals surface area contributed by atoms with Crippen molar-refractivity contribution in [1.82, 2.24) is 0 Å². The van der Waals surface area contributed by atoms with E-state index in [1.54, 1.807) is 37.3 Å². The molecule has 1 aliphatic carbocycles. The zero-order valence-corrected chi connectivity index (χ0v) is 22.7. The van der Waals surface area contributed by atoms with Gasteiger partial charge in [-0.2, -0.15) is 5.26 Å². The minimum absolute atomic E-state index is 0.0181. The molecule has 0 saturated heterocycles. The normalized spacial score (nSPS) is 13.3. The van der Waals surface area contributed by atoms with Crippen LogP contribution in [0.4, 0.5) is 5.69 Å². The molecular weight excluding hydrogens is 527 g/mol. The third kappa shape index (κ3) is 6.42. The predicted octanol–water partition coefficient (Wildman–Crippen LogP) is 7.46. The maximum atomic E-state index is 12.6. The minimum Gasteiger partial charge on any atom is -0.326 e. The fraction of sp³-hybridized carbons (Fsp3) is 0.241. The molecule has 0 aliphatic heterocycles. The summed E-state index contributed by atoms with van der Waals surface area (Å²) < 4.78 is 23.9. The van der Waals surface area contributed by atoms with Crippen molar-refractivity contribution >= 4 is 50.7 Å². The number of nitriles is 1. The van der Waals surface area contributed by atoms with E-state index >= 15 is 0 Å². The SMILES string of the molecule is CCS(=O)(=O)c1ccc(CC(=O)Nc2cc(Cl)c(-c3ccc(C=C4CCCC4)c(C#N)c3)c(Cl)c2)cc1. The predicted molar refractivity (Wildman–Crippen MR) is 150 cm³/mol. The Bertz CT molecular complexity index is 1490. The number of carbonyl (C=O) groups excluding carboxylic acids is 1. The topological polar surface area (TPSA) is 87.0 Å². The molecule has 190 valence electrons. The minimum atomic E-state index is -3.29. The highest BCUT2D eigenvalue weighted by molar-refractivity contribution is 7.91. The number of sulfone groups is 1. The molecular formula is C29H26Cl2N2O3S. The number of nitrogens with zero attached hydrogens (tertiary/aromatic N) is 1. The van der Waals surface area contributed by atoms with Gasteiger partial charge in [0.1, 0.15) is 0 Å². The summed E-state index contributed by atoms with van der Waals surface area (Å²) in [6, 6.07) is 17.4. The summed E-state index contributed by atoms with van der Waals surface area (Å²) in [6.45, 7) is 1.59. The Morgan fingerprint density at radius 3 is 2.27 bits per heavy atom. The molecule has 1 aliphatic rings. The standard InChI is InChI=1S/C29H26Cl2N2O3S/c1-2-37(35,36)25-11-7-20(8-12-25)14-28(34)33-24-16-26(30)29(27(31)17-24)22-10-9-21(23(15-22)18-32)13-19-5-3-4-6-19/h7-13,15-17H,2-6,14H2,1H3,(H,33,34). The average molecular weight is 554 g/mol. The molecule has 0 spiro atoms. The lowest BCUT2D eigenvalue weighted by molar-refractivity contribution is -0.115. The zero-order valence-electron chi connectivity index (χ0n) is 20.4. The Morgan fingerprint density at radius 1 is 1.03 bits per heavy atom. The summed E-state index contributed by atoms with van der Waals surface area (Å²) in [5.41, 5.74) is 5.24. The highest BCUT2D eigenvalue weighted by Gasteiger charge is 2.16. The molecule has 37 heavy (non-hydrogen) atoms. The monoisotopic (exact) mass is 552 g/mol. The van der Waals surface area contributed by atoms with Crippen molar-refractivity contribution in [3.05, 3.63) is 86.9 Å². The number of nitrogens with one attached hydrogen (secondary N) is 1. The van der Waals surface area contributed by atoms with Gasteiger partial charge in [-0.1, -0.05) is 66.0 Å². The molecule has 3 aromatic carbocycles. The summed E-state index contributed by atoms with van der Waals surface area (Å²) in [5, 5.41) is 13.2. The van der Waals surface area contributed by atoms with E-state index in [1.807, 2.05) is 12.1 Å². The molecule has 0 unspecified atom stereocenters. The van der Waals surface area contributed by atoms with E-state index in [0.29, 0.717) is 32.4 Å². The van der Waals surface area contributed by atoms with Gasteiger partial charge in [0.15, 0.2) is 9.84 Å². The van der Waals surface area contributed by atoms with Crippen LogP contribution in [0.5, 0.6) is 0 Å². The van der Waals surface area contributed by atoms with E-state index in [9.17, 15) is 18.5 Å². The summed E-state index contributed by atoms with van der Waals surface area (Å²) in [7, 11) is -3.29. The van der Waals surface area contributed by atoms with Gasteiger partial charge >= 0.3 is 0 Å². The Balaban J connectivity index is 1.51. The van der Waals surface area contributed by atoms with Gasteiger partial charge < -0.3 is 5.32 Å². The molecule has 1 N–H and O–H groups in total. The summed E-state index contributed by atoms with van der Waals surface area (Å²) >= 11 is 13.1. The number of allylic oxidation sites excluding steroid dienone is 1. The van der Waals surface area contributed by atoms with Crippen molar-refractivity contribution in [3.8, 4) is 17.2 Å². The molecule has 1 saturated carbocycles. The van der Waals surface area contributed by atoms with Gasteiger partial charge in [-0.05, 0) is 72.7 Å². The van der Waals surface area contributed by atoms with Crippen LogP contribution in [0.2, 0.25) is 10.0 Å². The molecule has 0 atom stereocenters. The molecule has 4 rings (SSSR count). The first kappa shape index (κ1) is 26.9. The number of amides is 1. The first-order valence-electron chi connectivity index (χ1n) is 12.0. The van der Waals surface area contributed by atoms with E-state index in [-0.39, 0.29) is 23.0 Å². The number of rotatable bonds is 7. The average Bonchev–Trinajstić information content (AvgIpc) is 3.38. The van der Waals surface area contributed by atoms with Crippen LogP contribution in [0.15, 0.2) is 65.1 Å². The molecule has 0 aromatic heterocycles. The lowest BCUT2D eigenvalue weighted by atomic mass is 9.97. The molecule has 0 radical (unpaired) electrons. The third-order valence-corrected chi connectivity index (χ3v) is 8.77. The van der Waals surface area contributed by atoms with Crippen molar-refractivity contribution in [3.63, 3.8) is 0 Å². The second-order valence-electron chi connectivity index (χ2n) is 9.01. The van der Waals surface area contributed by atoms with Gasteiger partial charge in [-0.15, -0.1) is 0 Å². The van der Waals surface area contributed by atoms with Gasteiger partial charge in [0, 0.05) is 11.3 Å². The Morgan fingerprint density at radius 2 is 1.68 bits per heavy atom. The Hall–Kier alpha value is -3.11. The van der Waals surface area contributed by atoms with Crippen LogP contribution >= 0.6 is 23.2 Å². The van der Waals surface area contributed by atoms with Crippen molar-refractivity contribution in [2.24, 2.45) is 0 Å². The van der Waals surface area contributed by atoms with Gasteiger partial charge in [-0.3, -0.25) is 4.79 Å². The largest absolute Gasteiger partial charge is 0.326 e. The maximum absolute atomic E-state index is 12.6. The van der Waals surface area contributed by atoms with Crippen LogP contribution in [0.3, 0.4) is 0 Å². The lowest BCUT2D eigenvalue weighted by Crippen LogP contribution is -2.14.